The first-order valence-electron chi connectivity index (χ1n) is 13.8. The van der Waals surface area contributed by atoms with E-state index in [0.29, 0.717) is 0 Å². The molecule has 2 saturated heterocycles. The molecule has 0 aromatic rings. The van der Waals surface area contributed by atoms with Gasteiger partial charge in [-0.3, -0.25) is 4.90 Å². The number of likely N-dealkylation sites (tertiary alicyclic amines) is 1. The SMILES string of the molecule is CCCCCCC(C)CN1CC[C@H](N2CCN(CC(CCC)CCCCC)CC2)C1. The number of rotatable bonds is 16. The number of nitrogens with zero attached hydrogens (tertiary/aromatic N) is 3. The van der Waals surface area contributed by atoms with Gasteiger partial charge in [0.05, 0.1) is 0 Å². The van der Waals surface area contributed by atoms with Crippen molar-refractivity contribution in [1.29, 1.82) is 0 Å². The summed E-state index contributed by atoms with van der Waals surface area (Å²) >= 11 is 0. The highest BCUT2D eigenvalue weighted by Crippen LogP contribution is 2.22. The standard InChI is InChI=1S/C27H55N3/c1-5-8-10-12-14-25(4)22-29-17-16-27(24-29)30-20-18-28(19-21-30)23-26(13-7-3)15-11-9-6-2/h25-27H,5-24H2,1-4H3/t25?,26?,27-/m0/s1. The molecular weight excluding hydrogens is 366 g/mol. The molecule has 0 radical (unpaired) electrons. The van der Waals surface area contributed by atoms with E-state index >= 15 is 0 Å². The van der Waals surface area contributed by atoms with E-state index in [1.165, 1.54) is 129 Å². The summed E-state index contributed by atoms with van der Waals surface area (Å²) in [7, 11) is 0. The Morgan fingerprint density at radius 1 is 0.667 bits per heavy atom. The molecule has 3 nitrogen and oxygen atoms in total. The molecule has 0 aliphatic carbocycles. The molecule has 3 heteroatoms. The maximum atomic E-state index is 2.83. The van der Waals surface area contributed by atoms with Gasteiger partial charge in [-0.05, 0) is 44.1 Å². The first-order valence-corrected chi connectivity index (χ1v) is 13.8. The monoisotopic (exact) mass is 421 g/mol. The zero-order valence-electron chi connectivity index (χ0n) is 21.2. The van der Waals surface area contributed by atoms with Gasteiger partial charge in [0.2, 0.25) is 0 Å². The van der Waals surface area contributed by atoms with E-state index in [1.54, 1.807) is 0 Å². The van der Waals surface area contributed by atoms with Crippen molar-refractivity contribution < 1.29 is 0 Å². The highest BCUT2D eigenvalue weighted by molar-refractivity contribution is 4.87. The highest BCUT2D eigenvalue weighted by atomic mass is 15.3. The zero-order valence-corrected chi connectivity index (χ0v) is 21.2. The van der Waals surface area contributed by atoms with Gasteiger partial charge in [0.25, 0.3) is 0 Å². The van der Waals surface area contributed by atoms with Crippen LogP contribution in [0.1, 0.15) is 105 Å². The number of hydrogen-bond acceptors (Lipinski definition) is 3. The van der Waals surface area contributed by atoms with Crippen molar-refractivity contribution in [1.82, 2.24) is 14.7 Å². The predicted octanol–water partition coefficient (Wildman–Crippen LogP) is 6.28. The Balaban J connectivity index is 1.63. The van der Waals surface area contributed by atoms with Crippen LogP contribution in [0.25, 0.3) is 0 Å². The third kappa shape index (κ3) is 10.0. The van der Waals surface area contributed by atoms with Crippen molar-refractivity contribution in [3.05, 3.63) is 0 Å². The van der Waals surface area contributed by atoms with Gasteiger partial charge in [-0.2, -0.15) is 0 Å². The normalized spacial score (nSPS) is 23.8. The quantitative estimate of drug-likeness (QED) is 0.271. The lowest BCUT2D eigenvalue weighted by Crippen LogP contribution is -2.51. The molecule has 0 saturated carbocycles. The van der Waals surface area contributed by atoms with Crippen molar-refractivity contribution in [2.75, 3.05) is 52.4 Å². The number of piperazine rings is 1. The molecule has 0 aromatic carbocycles. The third-order valence-electron chi connectivity index (χ3n) is 7.72. The van der Waals surface area contributed by atoms with Gasteiger partial charge in [-0.1, -0.05) is 79.1 Å². The average molecular weight is 422 g/mol. The van der Waals surface area contributed by atoms with Gasteiger partial charge in [0.15, 0.2) is 0 Å². The lowest BCUT2D eigenvalue weighted by Gasteiger charge is -2.39. The Kier molecular flexibility index (Phi) is 13.6. The van der Waals surface area contributed by atoms with Crippen LogP contribution < -0.4 is 0 Å². The second-order valence-corrected chi connectivity index (χ2v) is 10.6. The van der Waals surface area contributed by atoms with Crippen LogP contribution in [-0.2, 0) is 0 Å². The second-order valence-electron chi connectivity index (χ2n) is 10.6. The van der Waals surface area contributed by atoms with Gasteiger partial charge < -0.3 is 9.80 Å². The molecule has 178 valence electrons. The molecule has 30 heavy (non-hydrogen) atoms. The van der Waals surface area contributed by atoms with Crippen LogP contribution in [0.15, 0.2) is 0 Å². The van der Waals surface area contributed by atoms with Crippen LogP contribution in [0.5, 0.6) is 0 Å². The maximum absolute atomic E-state index is 2.83. The lowest BCUT2D eigenvalue weighted by atomic mass is 9.95. The molecule has 0 aromatic heterocycles. The largest absolute Gasteiger partial charge is 0.301 e. The minimum Gasteiger partial charge on any atom is -0.301 e. The fourth-order valence-electron chi connectivity index (χ4n) is 5.82. The summed E-state index contributed by atoms with van der Waals surface area (Å²) in [4.78, 5) is 8.38. The van der Waals surface area contributed by atoms with E-state index < -0.39 is 0 Å². The van der Waals surface area contributed by atoms with Crippen LogP contribution in [0.4, 0.5) is 0 Å². The van der Waals surface area contributed by atoms with Crippen molar-refractivity contribution in [3.63, 3.8) is 0 Å². The number of hydrogen-bond donors (Lipinski definition) is 0. The molecule has 2 aliphatic rings. The Hall–Kier alpha value is -0.120. The summed E-state index contributed by atoms with van der Waals surface area (Å²) in [5.41, 5.74) is 0. The molecular formula is C27H55N3. The third-order valence-corrected chi connectivity index (χ3v) is 7.72. The Morgan fingerprint density at radius 3 is 2.07 bits per heavy atom. The summed E-state index contributed by atoms with van der Waals surface area (Å²) in [6.07, 6.45) is 16.9. The van der Waals surface area contributed by atoms with E-state index in [-0.39, 0.29) is 0 Å². The first kappa shape index (κ1) is 26.1. The van der Waals surface area contributed by atoms with Crippen molar-refractivity contribution in [2.45, 2.75) is 111 Å². The van der Waals surface area contributed by atoms with Crippen LogP contribution in [0.2, 0.25) is 0 Å². The van der Waals surface area contributed by atoms with Gasteiger partial charge >= 0.3 is 0 Å². The van der Waals surface area contributed by atoms with Crippen LogP contribution in [-0.4, -0.2) is 73.1 Å². The molecule has 2 fully saturated rings. The highest BCUT2D eigenvalue weighted by Gasteiger charge is 2.30. The molecule has 2 aliphatic heterocycles. The Labute approximate surface area is 189 Å². The molecule has 2 unspecified atom stereocenters. The maximum Gasteiger partial charge on any atom is 0.0236 e. The summed E-state index contributed by atoms with van der Waals surface area (Å²) < 4.78 is 0. The zero-order chi connectivity index (χ0) is 21.6. The predicted molar refractivity (Wildman–Crippen MR) is 133 cm³/mol. The van der Waals surface area contributed by atoms with E-state index in [0.717, 1.165) is 17.9 Å². The van der Waals surface area contributed by atoms with Gasteiger partial charge in [0.1, 0.15) is 0 Å². The number of unbranched alkanes of at least 4 members (excludes halogenated alkanes) is 5. The van der Waals surface area contributed by atoms with Gasteiger partial charge in [-0.25, -0.2) is 0 Å². The summed E-state index contributed by atoms with van der Waals surface area (Å²) in [5, 5.41) is 0. The van der Waals surface area contributed by atoms with Crippen LogP contribution in [0, 0.1) is 11.8 Å². The van der Waals surface area contributed by atoms with Crippen LogP contribution in [0.3, 0.4) is 0 Å². The summed E-state index contributed by atoms with van der Waals surface area (Å²) in [6.45, 7) is 20.0. The lowest BCUT2D eigenvalue weighted by molar-refractivity contribution is 0.0841. The van der Waals surface area contributed by atoms with E-state index in [4.69, 9.17) is 0 Å². The van der Waals surface area contributed by atoms with E-state index in [9.17, 15) is 0 Å². The molecule has 3 atom stereocenters. The van der Waals surface area contributed by atoms with Crippen molar-refractivity contribution >= 4 is 0 Å². The smallest absolute Gasteiger partial charge is 0.0236 e. The summed E-state index contributed by atoms with van der Waals surface area (Å²) in [6, 6.07) is 0.829. The summed E-state index contributed by atoms with van der Waals surface area (Å²) in [5.74, 6) is 1.81. The minimum atomic E-state index is 0.829. The molecule has 0 amide bonds. The molecule has 0 bridgehead atoms. The first-order chi connectivity index (χ1) is 14.7. The Morgan fingerprint density at radius 2 is 1.37 bits per heavy atom. The fraction of sp³-hybridized carbons (Fsp3) is 1.00. The molecule has 2 heterocycles. The molecule has 0 N–H and O–H groups in total. The van der Waals surface area contributed by atoms with E-state index in [2.05, 4.69) is 42.4 Å². The van der Waals surface area contributed by atoms with Crippen LogP contribution >= 0.6 is 0 Å². The minimum absolute atomic E-state index is 0.829. The van der Waals surface area contributed by atoms with Crippen molar-refractivity contribution in [3.8, 4) is 0 Å². The molecule has 0 spiro atoms. The molecule has 2 rings (SSSR count). The average Bonchev–Trinajstić information content (AvgIpc) is 3.20. The van der Waals surface area contributed by atoms with Gasteiger partial charge in [-0.15, -0.1) is 0 Å². The second kappa shape index (κ2) is 15.6. The van der Waals surface area contributed by atoms with E-state index in [1.807, 2.05) is 0 Å². The van der Waals surface area contributed by atoms with Gasteiger partial charge in [0, 0.05) is 51.9 Å². The fourth-order valence-corrected chi connectivity index (χ4v) is 5.82. The topological polar surface area (TPSA) is 9.72 Å². The Bertz CT molecular complexity index is 405. The van der Waals surface area contributed by atoms with Crippen molar-refractivity contribution in [2.24, 2.45) is 11.8 Å².